The molecule has 11 heteroatoms. The van der Waals surface area contributed by atoms with Gasteiger partial charge >= 0.3 is 0 Å². The van der Waals surface area contributed by atoms with Gasteiger partial charge in [-0.2, -0.15) is 0 Å². The Labute approximate surface area is 154 Å². The van der Waals surface area contributed by atoms with Gasteiger partial charge in [0.25, 0.3) is 10.9 Å². The second-order valence-corrected chi connectivity index (χ2v) is 6.06. The van der Waals surface area contributed by atoms with Crippen molar-refractivity contribution in [1.29, 1.82) is 0 Å². The van der Waals surface area contributed by atoms with Gasteiger partial charge < -0.3 is 9.73 Å². The van der Waals surface area contributed by atoms with Crippen LogP contribution in [-0.2, 0) is 4.79 Å². The Morgan fingerprint density at radius 2 is 1.93 bits per heavy atom. The van der Waals surface area contributed by atoms with Gasteiger partial charge in [0.05, 0.1) is 16.4 Å². The molecule has 3 aromatic rings. The van der Waals surface area contributed by atoms with Crippen molar-refractivity contribution in [1.82, 2.24) is 10.2 Å². The van der Waals surface area contributed by atoms with Gasteiger partial charge in [0.1, 0.15) is 11.6 Å². The molecule has 1 heterocycles. The van der Waals surface area contributed by atoms with Crippen LogP contribution in [0.2, 0.25) is 0 Å². The lowest BCUT2D eigenvalue weighted by Gasteiger charge is -2.05. The smallest absolute Gasteiger partial charge is 0.277 e. The van der Waals surface area contributed by atoms with Gasteiger partial charge in [-0.05, 0) is 30.3 Å². The molecule has 0 bridgehead atoms. The van der Waals surface area contributed by atoms with Crippen LogP contribution < -0.4 is 5.32 Å². The molecule has 0 fully saturated rings. The molecule has 0 aliphatic rings. The van der Waals surface area contributed by atoms with Crippen LogP contribution in [0.15, 0.2) is 52.1 Å². The first-order valence-corrected chi connectivity index (χ1v) is 8.37. The maximum Gasteiger partial charge on any atom is 0.277 e. The summed E-state index contributed by atoms with van der Waals surface area (Å²) in [4.78, 5) is 22.0. The number of thioether (sulfide) groups is 1. The number of nitro benzene ring substituents is 1. The van der Waals surface area contributed by atoms with E-state index in [9.17, 15) is 23.7 Å². The molecular formula is C16H10F2N4O4S. The van der Waals surface area contributed by atoms with Gasteiger partial charge in [0, 0.05) is 17.7 Å². The Hall–Kier alpha value is -3.34. The van der Waals surface area contributed by atoms with Crippen LogP contribution in [0, 0.1) is 21.7 Å². The van der Waals surface area contributed by atoms with Crippen molar-refractivity contribution < 1.29 is 22.9 Å². The van der Waals surface area contributed by atoms with E-state index in [1.165, 1.54) is 24.3 Å². The molecule has 0 radical (unpaired) electrons. The number of benzene rings is 2. The zero-order valence-electron chi connectivity index (χ0n) is 13.4. The summed E-state index contributed by atoms with van der Waals surface area (Å²) in [5, 5.41) is 20.6. The van der Waals surface area contributed by atoms with Crippen LogP contribution in [-0.4, -0.2) is 26.8 Å². The Kier molecular flexibility index (Phi) is 5.41. The molecule has 0 aliphatic heterocycles. The number of amides is 1. The molecule has 2 aromatic carbocycles. The number of carbonyl (C=O) groups is 1. The number of halogens is 2. The van der Waals surface area contributed by atoms with E-state index in [4.69, 9.17) is 4.42 Å². The summed E-state index contributed by atoms with van der Waals surface area (Å²) in [7, 11) is 0. The van der Waals surface area contributed by atoms with Gasteiger partial charge in [0.15, 0.2) is 0 Å². The van der Waals surface area contributed by atoms with Crippen molar-refractivity contribution >= 4 is 29.0 Å². The zero-order valence-corrected chi connectivity index (χ0v) is 14.2. The SMILES string of the molecule is O=C(CSc1nnc(-c2ccc(F)cc2)o1)Nc1cc([N+](=O)[O-])ccc1F. The summed E-state index contributed by atoms with van der Waals surface area (Å²) in [6.45, 7) is 0. The number of nitro groups is 1. The molecule has 0 unspecified atom stereocenters. The lowest BCUT2D eigenvalue weighted by atomic mass is 10.2. The predicted octanol–water partition coefficient (Wildman–Crippen LogP) is 3.65. The minimum atomic E-state index is -0.796. The monoisotopic (exact) mass is 392 g/mol. The maximum atomic E-state index is 13.7. The van der Waals surface area contributed by atoms with Crippen molar-refractivity contribution in [2.45, 2.75) is 5.22 Å². The summed E-state index contributed by atoms with van der Waals surface area (Å²) in [6, 6.07) is 8.24. The second-order valence-electron chi connectivity index (χ2n) is 5.14. The van der Waals surface area contributed by atoms with Crippen LogP contribution in [0.4, 0.5) is 20.2 Å². The first-order chi connectivity index (χ1) is 12.9. The van der Waals surface area contributed by atoms with E-state index in [1.807, 2.05) is 0 Å². The lowest BCUT2D eigenvalue weighted by Crippen LogP contribution is -2.15. The van der Waals surface area contributed by atoms with Crippen LogP contribution in [0.25, 0.3) is 11.5 Å². The quantitative estimate of drug-likeness (QED) is 0.387. The molecule has 3 rings (SSSR count). The zero-order chi connectivity index (χ0) is 19.4. The van der Waals surface area contributed by atoms with Crippen molar-refractivity contribution in [3.8, 4) is 11.5 Å². The first-order valence-electron chi connectivity index (χ1n) is 7.38. The van der Waals surface area contributed by atoms with Gasteiger partial charge in [-0.15, -0.1) is 10.2 Å². The van der Waals surface area contributed by atoms with E-state index < -0.39 is 22.5 Å². The Balaban J connectivity index is 1.61. The highest BCUT2D eigenvalue weighted by Gasteiger charge is 2.15. The highest BCUT2D eigenvalue weighted by atomic mass is 32.2. The number of nitrogens with one attached hydrogen (secondary N) is 1. The standard InChI is InChI=1S/C16H10F2N4O4S/c17-10-3-1-9(2-4-10)15-20-21-16(26-15)27-8-14(23)19-13-7-11(22(24)25)5-6-12(13)18/h1-7H,8H2,(H,19,23). The van der Waals surface area contributed by atoms with Crippen LogP contribution in [0.5, 0.6) is 0 Å². The summed E-state index contributed by atoms with van der Waals surface area (Å²) >= 11 is 0.900. The van der Waals surface area contributed by atoms with Crippen molar-refractivity contribution in [2.24, 2.45) is 0 Å². The maximum absolute atomic E-state index is 13.7. The largest absolute Gasteiger partial charge is 0.411 e. The Morgan fingerprint density at radius 3 is 2.63 bits per heavy atom. The molecule has 0 saturated heterocycles. The normalized spacial score (nSPS) is 10.6. The number of rotatable bonds is 6. The molecule has 0 saturated carbocycles. The average Bonchev–Trinajstić information content (AvgIpc) is 3.11. The molecule has 0 aliphatic carbocycles. The summed E-state index contributed by atoms with van der Waals surface area (Å²) in [5.41, 5.74) is -0.133. The van der Waals surface area contributed by atoms with E-state index in [1.54, 1.807) is 0 Å². The lowest BCUT2D eigenvalue weighted by molar-refractivity contribution is -0.384. The van der Waals surface area contributed by atoms with E-state index in [0.29, 0.717) is 5.56 Å². The van der Waals surface area contributed by atoms with Crippen LogP contribution >= 0.6 is 11.8 Å². The molecule has 1 aromatic heterocycles. The molecule has 8 nitrogen and oxygen atoms in total. The molecule has 27 heavy (non-hydrogen) atoms. The van der Waals surface area contributed by atoms with E-state index in [0.717, 1.165) is 30.0 Å². The molecular weight excluding hydrogens is 382 g/mol. The first kappa shape index (κ1) is 18.5. The van der Waals surface area contributed by atoms with Crippen molar-refractivity contribution in [2.75, 3.05) is 11.1 Å². The summed E-state index contributed by atoms with van der Waals surface area (Å²) in [6.07, 6.45) is 0. The highest BCUT2D eigenvalue weighted by molar-refractivity contribution is 7.99. The van der Waals surface area contributed by atoms with E-state index in [-0.39, 0.29) is 28.2 Å². The Bertz CT molecular complexity index is 994. The van der Waals surface area contributed by atoms with Crippen LogP contribution in [0.3, 0.4) is 0 Å². The fraction of sp³-hybridized carbons (Fsp3) is 0.0625. The van der Waals surface area contributed by atoms with Gasteiger partial charge in [-0.1, -0.05) is 11.8 Å². The molecule has 138 valence electrons. The van der Waals surface area contributed by atoms with Gasteiger partial charge in [-0.3, -0.25) is 14.9 Å². The molecule has 0 atom stereocenters. The fourth-order valence-electron chi connectivity index (χ4n) is 2.01. The Morgan fingerprint density at radius 1 is 1.19 bits per heavy atom. The summed E-state index contributed by atoms with van der Waals surface area (Å²) < 4.78 is 31.9. The number of hydrogen-bond donors (Lipinski definition) is 1. The highest BCUT2D eigenvalue weighted by Crippen LogP contribution is 2.24. The van der Waals surface area contributed by atoms with E-state index >= 15 is 0 Å². The number of non-ortho nitro benzene ring substituents is 1. The van der Waals surface area contributed by atoms with Gasteiger partial charge in [0.2, 0.25) is 11.8 Å². The third kappa shape index (κ3) is 4.64. The minimum Gasteiger partial charge on any atom is -0.411 e. The van der Waals surface area contributed by atoms with Crippen LogP contribution in [0.1, 0.15) is 0 Å². The minimum absolute atomic E-state index is 0.0870. The van der Waals surface area contributed by atoms with E-state index in [2.05, 4.69) is 15.5 Å². The topological polar surface area (TPSA) is 111 Å². The number of anilines is 1. The second kappa shape index (κ2) is 7.91. The number of carbonyl (C=O) groups excluding carboxylic acids is 1. The average molecular weight is 392 g/mol. The number of hydrogen-bond acceptors (Lipinski definition) is 7. The summed E-state index contributed by atoms with van der Waals surface area (Å²) in [5.74, 6) is -1.84. The fourth-order valence-corrected chi connectivity index (χ4v) is 2.58. The molecule has 1 amide bonds. The third-order valence-corrected chi connectivity index (χ3v) is 4.08. The number of aromatic nitrogens is 2. The molecule has 0 spiro atoms. The van der Waals surface area contributed by atoms with Gasteiger partial charge in [-0.25, -0.2) is 8.78 Å². The number of nitrogens with zero attached hydrogens (tertiary/aromatic N) is 3. The van der Waals surface area contributed by atoms with Crippen molar-refractivity contribution in [3.05, 3.63) is 64.2 Å². The molecule has 1 N–H and O–H groups in total. The third-order valence-electron chi connectivity index (χ3n) is 3.26. The van der Waals surface area contributed by atoms with Crippen molar-refractivity contribution in [3.63, 3.8) is 0 Å². The predicted molar refractivity (Wildman–Crippen MR) is 92.1 cm³/mol.